The van der Waals surface area contributed by atoms with Crippen LogP contribution in [0, 0.1) is 6.92 Å². The van der Waals surface area contributed by atoms with Gasteiger partial charge < -0.3 is 4.43 Å². The van der Waals surface area contributed by atoms with Crippen LogP contribution in [-0.2, 0) is 4.43 Å². The van der Waals surface area contributed by atoms with Gasteiger partial charge in [0.15, 0.2) is 9.76 Å². The fourth-order valence-corrected chi connectivity index (χ4v) is 3.96. The Morgan fingerprint density at radius 3 is 2.09 bits per heavy atom. The molecule has 1 aromatic rings. The van der Waals surface area contributed by atoms with Crippen molar-refractivity contribution in [3.05, 3.63) is 34.3 Å². The Balaban J connectivity index is 3.20. The van der Waals surface area contributed by atoms with Crippen molar-refractivity contribution in [2.75, 3.05) is 0 Å². The topological polar surface area (TPSA) is 35.0 Å². The average Bonchev–Trinajstić information content (AvgIpc) is 2.33. The Morgan fingerprint density at radius 2 is 1.68 bits per heavy atom. The molecule has 1 atom stereocenters. The zero-order valence-electron chi connectivity index (χ0n) is 14.3. The Morgan fingerprint density at radius 1 is 1.18 bits per heavy atom. The molecule has 1 rings (SSSR count). The van der Waals surface area contributed by atoms with Crippen LogP contribution in [0.2, 0.25) is 15.3 Å². The van der Waals surface area contributed by atoms with Gasteiger partial charge >= 0.3 is 0 Å². The molecule has 22 heavy (non-hydrogen) atoms. The molecule has 0 bridgehead atoms. The first-order valence-corrected chi connectivity index (χ1v) is 9.46. The van der Waals surface area contributed by atoms with Crippen molar-refractivity contribution in [2.45, 2.75) is 64.5 Å². The van der Waals surface area contributed by atoms with Gasteiger partial charge in [-0.05, 0) is 32.2 Å². The minimum atomic E-state index is -0.713. The normalized spacial score (nSPS) is 14.5. The summed E-state index contributed by atoms with van der Waals surface area (Å²) < 4.78 is 6.32. The van der Waals surface area contributed by atoms with E-state index in [1.165, 1.54) is 0 Å². The number of hydrogen-bond donors (Lipinski definition) is 0. The molecule has 3 nitrogen and oxygen atoms in total. The maximum Gasteiger partial charge on any atom is 0.167 e. The maximum atomic E-state index is 6.35. The van der Waals surface area contributed by atoms with E-state index in [9.17, 15) is 0 Å². The van der Waals surface area contributed by atoms with Gasteiger partial charge in [0.25, 0.3) is 0 Å². The summed E-state index contributed by atoms with van der Waals surface area (Å²) in [7, 11) is -0.713. The molecule has 1 unspecified atom stereocenters. The largest absolute Gasteiger partial charge is 0.418 e. The third kappa shape index (κ3) is 5.34. The highest BCUT2D eigenvalue weighted by atomic mass is 35.5. The van der Waals surface area contributed by atoms with Gasteiger partial charge in [0.1, 0.15) is 16.1 Å². The van der Waals surface area contributed by atoms with Crippen LogP contribution in [0.4, 0.5) is 0 Å². The van der Waals surface area contributed by atoms with Gasteiger partial charge in [-0.3, -0.25) is 0 Å². The van der Waals surface area contributed by atoms with E-state index < -0.39 is 15.4 Å². The Kier molecular flexibility index (Phi) is 6.63. The van der Waals surface area contributed by atoms with Crippen molar-refractivity contribution in [2.24, 2.45) is 0 Å². The number of nitrogens with zero attached hydrogens (tertiary/aromatic N) is 2. The van der Waals surface area contributed by atoms with Crippen molar-refractivity contribution >= 4 is 33.0 Å². The van der Waals surface area contributed by atoms with Crippen LogP contribution < -0.4 is 0 Å². The first-order chi connectivity index (χ1) is 9.98. The fraction of sp³-hybridized carbons (Fsp3) is 0.625. The van der Waals surface area contributed by atoms with E-state index >= 15 is 0 Å². The molecule has 0 aliphatic rings. The van der Waals surface area contributed by atoms with Crippen molar-refractivity contribution in [1.82, 2.24) is 9.97 Å². The number of aromatic nitrogens is 2. The first kappa shape index (κ1) is 19.6. The van der Waals surface area contributed by atoms with E-state index in [4.69, 9.17) is 27.6 Å². The Bertz CT molecular complexity index is 518. The summed E-state index contributed by atoms with van der Waals surface area (Å²) in [5, 5.41) is 1.02. The highest BCUT2D eigenvalue weighted by Gasteiger charge is 2.35. The molecule has 0 aliphatic heterocycles. The van der Waals surface area contributed by atoms with Gasteiger partial charge in [-0.25, -0.2) is 9.97 Å². The van der Waals surface area contributed by atoms with E-state index in [1.807, 2.05) is 6.08 Å². The number of halogens is 2. The van der Waals surface area contributed by atoms with Crippen LogP contribution in [0.3, 0.4) is 0 Å². The molecule has 0 spiro atoms. The van der Waals surface area contributed by atoms with Crippen molar-refractivity contribution in [3.63, 3.8) is 0 Å². The van der Waals surface area contributed by atoms with Crippen LogP contribution in [0.5, 0.6) is 0 Å². The van der Waals surface area contributed by atoms with E-state index in [1.54, 1.807) is 6.92 Å². The third-order valence-electron chi connectivity index (χ3n) is 3.43. The molecule has 0 amide bonds. The van der Waals surface area contributed by atoms with Crippen molar-refractivity contribution < 1.29 is 4.43 Å². The van der Waals surface area contributed by atoms with Crippen LogP contribution in [0.1, 0.15) is 58.3 Å². The van der Waals surface area contributed by atoms with Crippen LogP contribution in [-0.4, -0.2) is 25.3 Å². The predicted octanol–water partition coefficient (Wildman–Crippen LogP) is 4.85. The fourth-order valence-electron chi connectivity index (χ4n) is 2.22. The van der Waals surface area contributed by atoms with Gasteiger partial charge in [-0.15, -0.1) is 6.58 Å². The van der Waals surface area contributed by atoms with Crippen LogP contribution >= 0.6 is 23.2 Å². The number of aryl methyl sites for hydroxylation is 1. The number of rotatable bonds is 6. The standard InChI is InChI=1S/C16H26Cl2N2OSi/c1-8-9-11(16(6,7)21-22-15(3,4)5)12-13(17)19-10(2)20-14(12)18/h8,11H,1,9,22H2,2-7H3. The summed E-state index contributed by atoms with van der Waals surface area (Å²) >= 11 is 12.7. The Hall–Kier alpha value is -0.423. The molecule has 124 valence electrons. The molecule has 0 saturated heterocycles. The lowest BCUT2D eigenvalue weighted by Gasteiger charge is -2.37. The minimum absolute atomic E-state index is 0.0274. The van der Waals surface area contributed by atoms with Gasteiger partial charge in [-0.1, -0.05) is 50.0 Å². The summed E-state index contributed by atoms with van der Waals surface area (Å²) in [6, 6.07) is 0. The average molecular weight is 361 g/mol. The summed E-state index contributed by atoms with van der Waals surface area (Å²) in [5.74, 6) is 0.541. The van der Waals surface area contributed by atoms with Gasteiger partial charge in [0, 0.05) is 11.5 Å². The van der Waals surface area contributed by atoms with Crippen LogP contribution in [0.25, 0.3) is 0 Å². The number of hydrogen-bond acceptors (Lipinski definition) is 3. The summed E-state index contributed by atoms with van der Waals surface area (Å²) in [6.07, 6.45) is 2.57. The molecule has 6 heteroatoms. The molecule has 1 heterocycles. The van der Waals surface area contributed by atoms with E-state index in [2.05, 4.69) is 51.2 Å². The molecule has 1 aromatic heterocycles. The van der Waals surface area contributed by atoms with E-state index in [0.29, 0.717) is 22.6 Å². The molecule has 0 saturated carbocycles. The molecule has 0 aliphatic carbocycles. The first-order valence-electron chi connectivity index (χ1n) is 7.42. The summed E-state index contributed by atoms with van der Waals surface area (Å²) in [6.45, 7) is 16.4. The third-order valence-corrected chi connectivity index (χ3v) is 5.76. The van der Waals surface area contributed by atoms with Crippen LogP contribution in [0.15, 0.2) is 12.7 Å². The summed E-state index contributed by atoms with van der Waals surface area (Å²) in [5.41, 5.74) is 0.348. The summed E-state index contributed by atoms with van der Waals surface area (Å²) in [4.78, 5) is 8.50. The zero-order chi connectivity index (χ0) is 17.1. The zero-order valence-corrected chi connectivity index (χ0v) is 17.3. The van der Waals surface area contributed by atoms with Crippen molar-refractivity contribution in [1.29, 1.82) is 0 Å². The lowest BCUT2D eigenvalue weighted by Crippen LogP contribution is -2.36. The maximum absolute atomic E-state index is 6.35. The van der Waals surface area contributed by atoms with Gasteiger partial charge in [0.2, 0.25) is 0 Å². The lowest BCUT2D eigenvalue weighted by atomic mass is 9.83. The van der Waals surface area contributed by atoms with Gasteiger partial charge in [-0.2, -0.15) is 0 Å². The molecular formula is C16H26Cl2N2OSi. The van der Waals surface area contributed by atoms with E-state index in [-0.39, 0.29) is 11.0 Å². The van der Waals surface area contributed by atoms with E-state index in [0.717, 1.165) is 5.56 Å². The highest BCUT2D eigenvalue weighted by molar-refractivity contribution is 6.34. The SMILES string of the molecule is C=CCC(c1c(Cl)nc(C)nc1Cl)C(C)(C)O[SiH2]C(C)(C)C. The number of allylic oxidation sites excluding steroid dienone is 1. The quantitative estimate of drug-likeness (QED) is 0.413. The lowest BCUT2D eigenvalue weighted by molar-refractivity contribution is 0.0782. The monoisotopic (exact) mass is 360 g/mol. The molecule has 0 radical (unpaired) electrons. The molecule has 0 fully saturated rings. The molecule has 0 aromatic carbocycles. The second kappa shape index (κ2) is 7.43. The second-order valence-electron chi connectivity index (χ2n) is 7.30. The highest BCUT2D eigenvalue weighted by Crippen LogP contribution is 2.41. The second-order valence-corrected chi connectivity index (χ2v) is 10.7. The molecule has 0 N–H and O–H groups in total. The van der Waals surface area contributed by atoms with Gasteiger partial charge in [0.05, 0.1) is 5.60 Å². The van der Waals surface area contributed by atoms with Crippen molar-refractivity contribution in [3.8, 4) is 0 Å². The smallest absolute Gasteiger partial charge is 0.167 e. The minimum Gasteiger partial charge on any atom is -0.418 e. The molecular weight excluding hydrogens is 335 g/mol. The predicted molar refractivity (Wildman–Crippen MR) is 97.8 cm³/mol. The Labute approximate surface area is 146 Å².